The first-order valence-electron chi connectivity index (χ1n) is 8.83. The largest absolute Gasteiger partial charge is 0.311 e. The fraction of sp³-hybridized carbons (Fsp3) is 0.600. The molecule has 22 heavy (non-hydrogen) atoms. The molecule has 1 aromatic rings. The molecule has 4 rings (SSSR count). The smallest absolute Gasteiger partial charge is 0.0223 e. The summed E-state index contributed by atoms with van der Waals surface area (Å²) in [6, 6.07) is 9.79. The second-order valence-corrected chi connectivity index (χ2v) is 7.36. The predicted molar refractivity (Wildman–Crippen MR) is 94.0 cm³/mol. The molecule has 2 bridgehead atoms. The van der Waals surface area contributed by atoms with Gasteiger partial charge < -0.3 is 5.32 Å². The lowest BCUT2D eigenvalue weighted by molar-refractivity contribution is 0.0195. The quantitative estimate of drug-likeness (QED) is 0.804. The van der Waals surface area contributed by atoms with E-state index in [1.807, 2.05) is 0 Å². The lowest BCUT2D eigenvalue weighted by atomic mass is 9.75. The number of hydrogen-bond donors (Lipinski definition) is 1. The Morgan fingerprint density at radius 2 is 2.09 bits per heavy atom. The number of nitrogens with zero attached hydrogens (tertiary/aromatic N) is 1. The standard InChI is InChI=1S/C20H30N2/c1-4-17-14-22-10-9-19(17)11-20(22)13-21-12-16-5-7-18(8-6-16)15(2)3/h4-8,15,17,19-21H,1,9-14H2,2-3H3. The van der Waals surface area contributed by atoms with Crippen molar-refractivity contribution in [2.24, 2.45) is 11.8 Å². The van der Waals surface area contributed by atoms with Crippen molar-refractivity contribution in [2.45, 2.75) is 45.2 Å². The Morgan fingerprint density at radius 1 is 1.32 bits per heavy atom. The third-order valence-electron chi connectivity index (χ3n) is 5.59. The molecule has 3 saturated heterocycles. The maximum atomic E-state index is 4.01. The van der Waals surface area contributed by atoms with Crippen molar-refractivity contribution in [3.05, 3.63) is 48.0 Å². The number of fused-ring (bicyclic) bond motifs is 3. The van der Waals surface area contributed by atoms with Crippen LogP contribution in [0.5, 0.6) is 0 Å². The minimum Gasteiger partial charge on any atom is -0.311 e. The van der Waals surface area contributed by atoms with Crippen LogP contribution in [-0.4, -0.2) is 30.6 Å². The molecular formula is C20H30N2. The highest BCUT2D eigenvalue weighted by atomic mass is 15.2. The molecule has 3 aliphatic heterocycles. The molecule has 0 aromatic heterocycles. The van der Waals surface area contributed by atoms with Gasteiger partial charge in [0.25, 0.3) is 0 Å². The Kier molecular flexibility index (Phi) is 5.00. The summed E-state index contributed by atoms with van der Waals surface area (Å²) in [6.45, 7) is 13.1. The van der Waals surface area contributed by atoms with Gasteiger partial charge >= 0.3 is 0 Å². The van der Waals surface area contributed by atoms with Crippen molar-refractivity contribution < 1.29 is 0 Å². The van der Waals surface area contributed by atoms with Gasteiger partial charge in [-0.15, -0.1) is 6.58 Å². The predicted octanol–water partition coefficient (Wildman–Crippen LogP) is 3.80. The Hall–Kier alpha value is -1.12. The molecule has 0 saturated carbocycles. The molecule has 0 spiro atoms. The van der Waals surface area contributed by atoms with E-state index in [9.17, 15) is 0 Å². The molecule has 4 atom stereocenters. The minimum atomic E-state index is 0.616. The zero-order chi connectivity index (χ0) is 15.5. The summed E-state index contributed by atoms with van der Waals surface area (Å²) >= 11 is 0. The summed E-state index contributed by atoms with van der Waals surface area (Å²) < 4.78 is 0. The molecule has 120 valence electrons. The molecule has 0 aliphatic carbocycles. The van der Waals surface area contributed by atoms with E-state index in [0.29, 0.717) is 5.92 Å². The highest BCUT2D eigenvalue weighted by molar-refractivity contribution is 5.24. The number of benzene rings is 1. The van der Waals surface area contributed by atoms with Gasteiger partial charge in [0.05, 0.1) is 0 Å². The first-order valence-corrected chi connectivity index (χ1v) is 8.83. The SMILES string of the molecule is C=CC1CN2CCC1CC2CNCc1ccc(C(C)C)cc1. The molecule has 0 amide bonds. The molecule has 4 unspecified atom stereocenters. The fourth-order valence-electron chi connectivity index (χ4n) is 4.06. The van der Waals surface area contributed by atoms with Crippen LogP contribution in [0.3, 0.4) is 0 Å². The first-order chi connectivity index (χ1) is 10.7. The average molecular weight is 298 g/mol. The third kappa shape index (κ3) is 3.44. The fourth-order valence-corrected chi connectivity index (χ4v) is 4.06. The van der Waals surface area contributed by atoms with Gasteiger partial charge in [-0.2, -0.15) is 0 Å². The van der Waals surface area contributed by atoms with E-state index in [1.165, 1.54) is 37.1 Å². The van der Waals surface area contributed by atoms with Gasteiger partial charge in [0, 0.05) is 25.7 Å². The van der Waals surface area contributed by atoms with E-state index in [2.05, 4.69) is 61.0 Å². The molecule has 3 aliphatic rings. The maximum absolute atomic E-state index is 4.01. The van der Waals surface area contributed by atoms with E-state index in [4.69, 9.17) is 0 Å². The van der Waals surface area contributed by atoms with E-state index in [1.54, 1.807) is 0 Å². The number of hydrogen-bond acceptors (Lipinski definition) is 2. The Labute approximate surface area is 135 Å². The van der Waals surface area contributed by atoms with Gasteiger partial charge in [0.2, 0.25) is 0 Å². The molecule has 1 aromatic carbocycles. The second kappa shape index (κ2) is 6.97. The lowest BCUT2D eigenvalue weighted by Crippen LogP contribution is -2.55. The first kappa shape index (κ1) is 15.8. The van der Waals surface area contributed by atoms with Crippen molar-refractivity contribution >= 4 is 0 Å². The second-order valence-electron chi connectivity index (χ2n) is 7.36. The van der Waals surface area contributed by atoms with Crippen molar-refractivity contribution in [1.29, 1.82) is 0 Å². The van der Waals surface area contributed by atoms with Gasteiger partial charge in [-0.05, 0) is 48.3 Å². The van der Waals surface area contributed by atoms with Gasteiger partial charge in [-0.3, -0.25) is 4.90 Å². The van der Waals surface area contributed by atoms with Crippen LogP contribution in [0.25, 0.3) is 0 Å². The third-order valence-corrected chi connectivity index (χ3v) is 5.59. The van der Waals surface area contributed by atoms with Crippen molar-refractivity contribution in [2.75, 3.05) is 19.6 Å². The van der Waals surface area contributed by atoms with Crippen LogP contribution >= 0.6 is 0 Å². The van der Waals surface area contributed by atoms with Crippen LogP contribution < -0.4 is 5.32 Å². The Balaban J connectivity index is 1.46. The van der Waals surface area contributed by atoms with Crippen molar-refractivity contribution in [3.63, 3.8) is 0 Å². The highest BCUT2D eigenvalue weighted by Crippen LogP contribution is 2.36. The van der Waals surface area contributed by atoms with E-state index < -0.39 is 0 Å². The summed E-state index contributed by atoms with van der Waals surface area (Å²) in [5.41, 5.74) is 2.82. The summed E-state index contributed by atoms with van der Waals surface area (Å²) in [5, 5.41) is 3.67. The van der Waals surface area contributed by atoms with Gasteiger partial charge in [0.15, 0.2) is 0 Å². The molecule has 3 heterocycles. The molecule has 2 nitrogen and oxygen atoms in total. The maximum Gasteiger partial charge on any atom is 0.0223 e. The Morgan fingerprint density at radius 3 is 2.68 bits per heavy atom. The number of nitrogens with one attached hydrogen (secondary N) is 1. The monoisotopic (exact) mass is 298 g/mol. The number of piperidine rings is 3. The van der Waals surface area contributed by atoms with Crippen LogP contribution in [0.4, 0.5) is 0 Å². The van der Waals surface area contributed by atoms with Gasteiger partial charge in [0.1, 0.15) is 0 Å². The van der Waals surface area contributed by atoms with Crippen molar-refractivity contribution in [3.8, 4) is 0 Å². The van der Waals surface area contributed by atoms with E-state index >= 15 is 0 Å². The molecule has 0 radical (unpaired) electrons. The van der Waals surface area contributed by atoms with E-state index in [0.717, 1.165) is 31.0 Å². The normalized spacial score (nSPS) is 30.7. The molecule has 3 fully saturated rings. The van der Waals surface area contributed by atoms with Crippen molar-refractivity contribution in [1.82, 2.24) is 10.2 Å². The van der Waals surface area contributed by atoms with Crippen LogP contribution in [-0.2, 0) is 6.54 Å². The zero-order valence-electron chi connectivity index (χ0n) is 14.1. The topological polar surface area (TPSA) is 15.3 Å². The molecule has 2 heteroatoms. The van der Waals surface area contributed by atoms with Gasteiger partial charge in [-0.25, -0.2) is 0 Å². The summed E-state index contributed by atoms with van der Waals surface area (Å²) in [6.07, 6.45) is 4.89. The molecule has 1 N–H and O–H groups in total. The van der Waals surface area contributed by atoms with Crippen LogP contribution in [0.15, 0.2) is 36.9 Å². The van der Waals surface area contributed by atoms with Gasteiger partial charge in [-0.1, -0.05) is 44.2 Å². The molecular weight excluding hydrogens is 268 g/mol. The summed E-state index contributed by atoms with van der Waals surface area (Å²) in [4.78, 5) is 2.67. The summed E-state index contributed by atoms with van der Waals surface area (Å²) in [7, 11) is 0. The Bertz CT molecular complexity index is 491. The zero-order valence-corrected chi connectivity index (χ0v) is 14.1. The number of rotatable bonds is 6. The van der Waals surface area contributed by atoms with Crippen LogP contribution in [0, 0.1) is 11.8 Å². The van der Waals surface area contributed by atoms with E-state index in [-0.39, 0.29) is 0 Å². The van der Waals surface area contributed by atoms with Crippen LogP contribution in [0.1, 0.15) is 43.7 Å². The summed E-state index contributed by atoms with van der Waals surface area (Å²) in [5.74, 6) is 2.22. The average Bonchev–Trinajstić information content (AvgIpc) is 2.56. The minimum absolute atomic E-state index is 0.616. The highest BCUT2D eigenvalue weighted by Gasteiger charge is 2.38. The lowest BCUT2D eigenvalue weighted by Gasteiger charge is -2.49. The van der Waals surface area contributed by atoms with Crippen LogP contribution in [0.2, 0.25) is 0 Å².